The average Bonchev–Trinajstić information content (AvgIpc) is 2.39. The number of nitrogens with one attached hydrogen (secondary N) is 1. The monoisotopic (exact) mass is 245 g/mol. The molecule has 18 heavy (non-hydrogen) atoms. The summed E-state index contributed by atoms with van der Waals surface area (Å²) in [7, 11) is 1.60. The first-order valence-corrected chi connectivity index (χ1v) is 6.19. The van der Waals surface area contributed by atoms with Gasteiger partial charge >= 0.3 is 0 Å². The van der Waals surface area contributed by atoms with Gasteiger partial charge in [-0.2, -0.15) is 0 Å². The van der Waals surface area contributed by atoms with E-state index in [0.29, 0.717) is 13.0 Å². The molecule has 3 nitrogen and oxygen atoms in total. The number of aliphatic hydroxyl groups excluding tert-OH is 1. The van der Waals surface area contributed by atoms with E-state index < -0.39 is 6.10 Å². The molecule has 0 saturated carbocycles. The van der Waals surface area contributed by atoms with E-state index in [-0.39, 0.29) is 0 Å². The molecular weight excluding hydrogens is 226 g/mol. The van der Waals surface area contributed by atoms with Crippen LogP contribution in [-0.2, 0) is 4.74 Å². The molecule has 2 aromatic rings. The SMILES string of the molecule is COCC(O)CCNc1ccc2ccccc2c1. The molecule has 0 aliphatic heterocycles. The van der Waals surface area contributed by atoms with Crippen LogP contribution in [0.4, 0.5) is 5.69 Å². The second-order valence-electron chi connectivity index (χ2n) is 4.39. The van der Waals surface area contributed by atoms with Crippen LogP contribution in [0.15, 0.2) is 42.5 Å². The largest absolute Gasteiger partial charge is 0.391 e. The first-order valence-electron chi connectivity index (χ1n) is 6.19. The van der Waals surface area contributed by atoms with Gasteiger partial charge in [0.2, 0.25) is 0 Å². The van der Waals surface area contributed by atoms with Crippen molar-refractivity contribution in [1.82, 2.24) is 0 Å². The second-order valence-corrected chi connectivity index (χ2v) is 4.39. The minimum atomic E-state index is -0.400. The molecule has 96 valence electrons. The van der Waals surface area contributed by atoms with Gasteiger partial charge in [-0.1, -0.05) is 30.3 Å². The van der Waals surface area contributed by atoms with Crippen LogP contribution in [-0.4, -0.2) is 31.5 Å². The summed E-state index contributed by atoms with van der Waals surface area (Å²) in [5.41, 5.74) is 1.08. The average molecular weight is 245 g/mol. The van der Waals surface area contributed by atoms with E-state index in [9.17, 15) is 5.11 Å². The van der Waals surface area contributed by atoms with Gasteiger partial charge in [-0.25, -0.2) is 0 Å². The normalized spacial score (nSPS) is 12.6. The fraction of sp³-hybridized carbons (Fsp3) is 0.333. The number of hydrogen-bond acceptors (Lipinski definition) is 3. The number of aliphatic hydroxyl groups is 1. The van der Waals surface area contributed by atoms with E-state index in [0.717, 1.165) is 12.2 Å². The lowest BCUT2D eigenvalue weighted by atomic mass is 10.1. The van der Waals surface area contributed by atoms with Crippen molar-refractivity contribution in [3.05, 3.63) is 42.5 Å². The molecule has 0 fully saturated rings. The molecular formula is C15H19NO2. The van der Waals surface area contributed by atoms with Gasteiger partial charge in [0, 0.05) is 19.3 Å². The number of methoxy groups -OCH3 is 1. The van der Waals surface area contributed by atoms with E-state index in [1.165, 1.54) is 10.8 Å². The predicted molar refractivity (Wildman–Crippen MR) is 74.9 cm³/mol. The molecule has 1 unspecified atom stereocenters. The Morgan fingerprint density at radius 1 is 1.17 bits per heavy atom. The highest BCUT2D eigenvalue weighted by molar-refractivity contribution is 5.85. The Balaban J connectivity index is 1.91. The first kappa shape index (κ1) is 12.9. The third kappa shape index (κ3) is 3.45. The summed E-state index contributed by atoms with van der Waals surface area (Å²) in [4.78, 5) is 0. The lowest BCUT2D eigenvalue weighted by Gasteiger charge is -2.11. The van der Waals surface area contributed by atoms with Crippen molar-refractivity contribution in [2.24, 2.45) is 0 Å². The first-order chi connectivity index (χ1) is 8.79. The molecule has 0 radical (unpaired) electrons. The van der Waals surface area contributed by atoms with Crippen LogP contribution in [0.2, 0.25) is 0 Å². The summed E-state index contributed by atoms with van der Waals surface area (Å²) >= 11 is 0. The fourth-order valence-corrected chi connectivity index (χ4v) is 1.96. The van der Waals surface area contributed by atoms with Crippen molar-refractivity contribution in [2.45, 2.75) is 12.5 Å². The topological polar surface area (TPSA) is 41.5 Å². The molecule has 1 atom stereocenters. The van der Waals surface area contributed by atoms with Crippen molar-refractivity contribution in [2.75, 3.05) is 25.6 Å². The van der Waals surface area contributed by atoms with Gasteiger partial charge in [0.15, 0.2) is 0 Å². The van der Waals surface area contributed by atoms with E-state index in [1.807, 2.05) is 12.1 Å². The van der Waals surface area contributed by atoms with Crippen LogP contribution < -0.4 is 5.32 Å². The third-order valence-electron chi connectivity index (χ3n) is 2.92. The van der Waals surface area contributed by atoms with Gasteiger partial charge in [-0.05, 0) is 29.3 Å². The molecule has 2 aromatic carbocycles. The Morgan fingerprint density at radius 3 is 2.72 bits per heavy atom. The second kappa shape index (κ2) is 6.38. The Kier molecular flexibility index (Phi) is 4.56. The van der Waals surface area contributed by atoms with Crippen molar-refractivity contribution >= 4 is 16.5 Å². The van der Waals surface area contributed by atoms with Crippen LogP contribution in [0.25, 0.3) is 10.8 Å². The van der Waals surface area contributed by atoms with Gasteiger partial charge in [-0.3, -0.25) is 0 Å². The Hall–Kier alpha value is -1.58. The van der Waals surface area contributed by atoms with E-state index in [1.54, 1.807) is 7.11 Å². The zero-order chi connectivity index (χ0) is 12.8. The van der Waals surface area contributed by atoms with Crippen molar-refractivity contribution < 1.29 is 9.84 Å². The minimum Gasteiger partial charge on any atom is -0.391 e. The predicted octanol–water partition coefficient (Wildman–Crippen LogP) is 2.65. The number of ether oxygens (including phenoxy) is 1. The minimum absolute atomic E-state index is 0.388. The summed E-state index contributed by atoms with van der Waals surface area (Å²) in [6.07, 6.45) is 0.281. The highest BCUT2D eigenvalue weighted by Crippen LogP contribution is 2.18. The molecule has 3 heteroatoms. The van der Waals surface area contributed by atoms with Crippen LogP contribution in [0.3, 0.4) is 0 Å². The Labute approximate surface area is 107 Å². The summed E-state index contributed by atoms with van der Waals surface area (Å²) in [6.45, 7) is 1.13. The molecule has 0 amide bonds. The maximum atomic E-state index is 9.53. The molecule has 0 saturated heterocycles. The smallest absolute Gasteiger partial charge is 0.0790 e. The van der Waals surface area contributed by atoms with E-state index >= 15 is 0 Å². The number of rotatable bonds is 6. The van der Waals surface area contributed by atoms with Crippen LogP contribution in [0, 0.1) is 0 Å². The van der Waals surface area contributed by atoms with Crippen molar-refractivity contribution in [1.29, 1.82) is 0 Å². The maximum Gasteiger partial charge on any atom is 0.0790 e. The van der Waals surface area contributed by atoms with Crippen molar-refractivity contribution in [3.8, 4) is 0 Å². The lowest BCUT2D eigenvalue weighted by molar-refractivity contribution is 0.0615. The van der Waals surface area contributed by atoms with Gasteiger partial charge in [0.1, 0.15) is 0 Å². The molecule has 0 aromatic heterocycles. The zero-order valence-corrected chi connectivity index (χ0v) is 10.6. The summed E-state index contributed by atoms with van der Waals surface area (Å²) in [5, 5.41) is 15.3. The third-order valence-corrected chi connectivity index (χ3v) is 2.92. The number of hydrogen-bond donors (Lipinski definition) is 2. The van der Waals surface area contributed by atoms with Gasteiger partial charge in [-0.15, -0.1) is 0 Å². The molecule has 0 spiro atoms. The highest BCUT2D eigenvalue weighted by atomic mass is 16.5. The van der Waals surface area contributed by atoms with E-state index in [4.69, 9.17) is 4.74 Å². The Morgan fingerprint density at radius 2 is 1.94 bits per heavy atom. The standard InChI is InChI=1S/C15H19NO2/c1-18-11-15(17)8-9-16-14-7-6-12-4-2-3-5-13(12)10-14/h2-7,10,15-17H,8-9,11H2,1H3. The number of anilines is 1. The molecule has 0 heterocycles. The molecule has 2 rings (SSSR count). The van der Waals surface area contributed by atoms with Crippen LogP contribution >= 0.6 is 0 Å². The quantitative estimate of drug-likeness (QED) is 0.822. The van der Waals surface area contributed by atoms with Crippen molar-refractivity contribution in [3.63, 3.8) is 0 Å². The van der Waals surface area contributed by atoms with Crippen LogP contribution in [0.1, 0.15) is 6.42 Å². The summed E-state index contributed by atoms with van der Waals surface area (Å²) in [5.74, 6) is 0. The molecule has 0 bridgehead atoms. The van der Waals surface area contributed by atoms with Gasteiger partial charge in [0.05, 0.1) is 12.7 Å². The van der Waals surface area contributed by atoms with Gasteiger partial charge in [0.25, 0.3) is 0 Å². The lowest BCUT2D eigenvalue weighted by Crippen LogP contribution is -2.18. The van der Waals surface area contributed by atoms with E-state index in [2.05, 4.69) is 35.6 Å². The summed E-state index contributed by atoms with van der Waals surface area (Å²) in [6, 6.07) is 14.6. The molecule has 0 aliphatic rings. The fourth-order valence-electron chi connectivity index (χ4n) is 1.96. The molecule has 0 aliphatic carbocycles. The molecule has 2 N–H and O–H groups in total. The van der Waals surface area contributed by atoms with Gasteiger partial charge < -0.3 is 15.2 Å². The number of benzene rings is 2. The summed E-state index contributed by atoms with van der Waals surface area (Å²) < 4.78 is 4.89. The highest BCUT2D eigenvalue weighted by Gasteiger charge is 2.02. The van der Waals surface area contributed by atoms with Crippen LogP contribution in [0.5, 0.6) is 0 Å². The zero-order valence-electron chi connectivity index (χ0n) is 10.6. The maximum absolute atomic E-state index is 9.53. The number of fused-ring (bicyclic) bond motifs is 1. The Bertz CT molecular complexity index is 499.